The highest BCUT2D eigenvalue weighted by Gasteiger charge is 2.24. The van der Waals surface area contributed by atoms with Crippen LogP contribution in [0, 0.1) is 27.7 Å². The third-order valence-corrected chi connectivity index (χ3v) is 5.34. The monoisotopic (exact) mass is 406 g/mol. The van der Waals surface area contributed by atoms with E-state index < -0.39 is 0 Å². The highest BCUT2D eigenvalue weighted by Crippen LogP contribution is 2.23. The van der Waals surface area contributed by atoms with Crippen molar-refractivity contribution >= 4 is 5.65 Å². The summed E-state index contributed by atoms with van der Waals surface area (Å²) in [5.41, 5.74) is 8.69. The van der Waals surface area contributed by atoms with E-state index in [1.165, 1.54) is 33.6 Å². The number of imidazole rings is 1. The SMILES string of the molecule is Cc1cc(C)cc(Cn2c(C)c(C)[n+]3cccc(OCc4ccccc4)c23)c1.[Cl-]. The highest BCUT2D eigenvalue weighted by molar-refractivity contribution is 5.51. The van der Waals surface area contributed by atoms with Crippen LogP contribution in [0.5, 0.6) is 5.75 Å². The number of fused-ring (bicyclic) bond motifs is 1. The largest absolute Gasteiger partial charge is 1.00 e. The number of hydrogen-bond acceptors (Lipinski definition) is 1. The van der Waals surface area contributed by atoms with Crippen molar-refractivity contribution in [1.29, 1.82) is 0 Å². The Morgan fingerprint density at radius 1 is 0.828 bits per heavy atom. The molecule has 0 aliphatic heterocycles. The van der Waals surface area contributed by atoms with Crippen molar-refractivity contribution in [2.45, 2.75) is 40.8 Å². The second kappa shape index (κ2) is 8.71. The average Bonchev–Trinajstić information content (AvgIpc) is 2.92. The Labute approximate surface area is 179 Å². The average molecular weight is 407 g/mol. The number of aromatic nitrogens is 2. The maximum Gasteiger partial charge on any atom is 0.329 e. The maximum atomic E-state index is 6.26. The van der Waals surface area contributed by atoms with E-state index in [1.54, 1.807) is 0 Å². The first-order chi connectivity index (χ1) is 13.5. The van der Waals surface area contributed by atoms with Crippen LogP contribution < -0.4 is 21.5 Å². The van der Waals surface area contributed by atoms with Crippen LogP contribution in [0.4, 0.5) is 0 Å². The molecule has 29 heavy (non-hydrogen) atoms. The third kappa shape index (κ3) is 4.30. The predicted octanol–water partition coefficient (Wildman–Crippen LogP) is 2.09. The van der Waals surface area contributed by atoms with Crippen LogP contribution >= 0.6 is 0 Å². The molecule has 0 atom stereocenters. The van der Waals surface area contributed by atoms with Gasteiger partial charge in [0.15, 0.2) is 0 Å². The Hall–Kier alpha value is -2.78. The van der Waals surface area contributed by atoms with Crippen LogP contribution in [0.25, 0.3) is 5.65 Å². The molecular formula is C25H27ClN2O. The van der Waals surface area contributed by atoms with Gasteiger partial charge < -0.3 is 17.1 Å². The van der Waals surface area contributed by atoms with Crippen molar-refractivity contribution in [1.82, 2.24) is 4.57 Å². The van der Waals surface area contributed by atoms with Crippen molar-refractivity contribution in [2.75, 3.05) is 0 Å². The second-order valence-electron chi connectivity index (χ2n) is 7.59. The van der Waals surface area contributed by atoms with Crippen LogP contribution in [-0.2, 0) is 13.2 Å². The minimum atomic E-state index is 0. The summed E-state index contributed by atoms with van der Waals surface area (Å²) in [6.45, 7) is 10.1. The van der Waals surface area contributed by atoms with E-state index in [9.17, 15) is 0 Å². The molecule has 0 saturated heterocycles. The number of nitrogens with zero attached hydrogens (tertiary/aromatic N) is 2. The standard InChI is InChI=1S/C25H27N2O.ClH/c1-18-13-19(2)15-23(14-18)16-27-21(4)20(3)26-12-8-11-24(25(26)27)28-17-22-9-6-5-7-10-22;/h5-15H,16-17H2,1-4H3;1H/q+1;/p-1. The smallest absolute Gasteiger partial charge is 0.329 e. The summed E-state index contributed by atoms with van der Waals surface area (Å²) in [6, 6.07) is 21.2. The van der Waals surface area contributed by atoms with E-state index in [0.717, 1.165) is 17.9 Å². The molecule has 0 bridgehead atoms. The third-order valence-electron chi connectivity index (χ3n) is 5.34. The van der Waals surface area contributed by atoms with E-state index in [0.29, 0.717) is 6.61 Å². The molecule has 0 spiro atoms. The molecular weight excluding hydrogens is 380 g/mol. The molecule has 0 aliphatic rings. The Morgan fingerprint density at radius 2 is 1.52 bits per heavy atom. The number of halogens is 1. The number of benzene rings is 2. The molecule has 0 N–H and O–H groups in total. The molecule has 2 aromatic heterocycles. The lowest BCUT2D eigenvalue weighted by atomic mass is 10.1. The van der Waals surface area contributed by atoms with E-state index in [-0.39, 0.29) is 12.4 Å². The number of aryl methyl sites for hydroxylation is 3. The van der Waals surface area contributed by atoms with E-state index in [4.69, 9.17) is 4.74 Å². The van der Waals surface area contributed by atoms with Gasteiger partial charge in [-0.3, -0.25) is 0 Å². The highest BCUT2D eigenvalue weighted by atomic mass is 35.5. The van der Waals surface area contributed by atoms with Gasteiger partial charge in [0, 0.05) is 13.8 Å². The molecule has 4 aromatic rings. The van der Waals surface area contributed by atoms with Gasteiger partial charge >= 0.3 is 5.65 Å². The minimum absolute atomic E-state index is 0. The zero-order valence-corrected chi connectivity index (χ0v) is 18.2. The van der Waals surface area contributed by atoms with Crippen LogP contribution in [0.1, 0.15) is 33.6 Å². The maximum absolute atomic E-state index is 6.26. The van der Waals surface area contributed by atoms with Crippen molar-refractivity contribution in [3.05, 3.63) is 101 Å². The van der Waals surface area contributed by atoms with E-state index >= 15 is 0 Å². The molecule has 3 nitrogen and oxygen atoms in total. The topological polar surface area (TPSA) is 18.3 Å². The molecule has 0 fully saturated rings. The summed E-state index contributed by atoms with van der Waals surface area (Å²) in [5.74, 6) is 0.909. The van der Waals surface area contributed by atoms with Gasteiger partial charge in [0.2, 0.25) is 5.75 Å². The lowest BCUT2D eigenvalue weighted by molar-refractivity contribution is -0.519. The lowest BCUT2D eigenvalue weighted by Gasteiger charge is -2.08. The second-order valence-corrected chi connectivity index (χ2v) is 7.59. The molecule has 4 heteroatoms. The van der Waals surface area contributed by atoms with Gasteiger partial charge in [0.25, 0.3) is 0 Å². The lowest BCUT2D eigenvalue weighted by Crippen LogP contribution is -3.00. The first-order valence-corrected chi connectivity index (χ1v) is 9.77. The van der Waals surface area contributed by atoms with Crippen molar-refractivity contribution in [2.24, 2.45) is 0 Å². The number of ether oxygens (including phenoxy) is 1. The molecule has 0 aliphatic carbocycles. The summed E-state index contributed by atoms with van der Waals surface area (Å²) in [5, 5.41) is 0. The summed E-state index contributed by atoms with van der Waals surface area (Å²) in [6.07, 6.45) is 2.12. The van der Waals surface area contributed by atoms with Gasteiger partial charge in [-0.1, -0.05) is 59.7 Å². The molecule has 0 radical (unpaired) electrons. The van der Waals surface area contributed by atoms with E-state index in [1.807, 2.05) is 18.2 Å². The zero-order valence-electron chi connectivity index (χ0n) is 17.4. The summed E-state index contributed by atoms with van der Waals surface area (Å²) >= 11 is 0. The van der Waals surface area contributed by atoms with Crippen molar-refractivity contribution in [3.63, 3.8) is 0 Å². The fourth-order valence-electron chi connectivity index (χ4n) is 3.93. The van der Waals surface area contributed by atoms with Crippen molar-refractivity contribution < 1.29 is 21.5 Å². The first-order valence-electron chi connectivity index (χ1n) is 9.77. The van der Waals surface area contributed by atoms with Gasteiger partial charge in [-0.15, -0.1) is 0 Å². The zero-order chi connectivity index (χ0) is 19.7. The Morgan fingerprint density at radius 3 is 2.21 bits per heavy atom. The molecule has 0 amide bonds. The predicted molar refractivity (Wildman–Crippen MR) is 113 cm³/mol. The number of pyridine rings is 1. The fraction of sp³-hybridized carbons (Fsp3) is 0.240. The Bertz CT molecular complexity index is 1110. The fourth-order valence-corrected chi connectivity index (χ4v) is 3.93. The van der Waals surface area contributed by atoms with Crippen LogP contribution in [0.3, 0.4) is 0 Å². The van der Waals surface area contributed by atoms with E-state index in [2.05, 4.69) is 85.3 Å². The normalized spacial score (nSPS) is 10.8. The molecule has 0 unspecified atom stereocenters. The Balaban J connectivity index is 0.00000240. The molecule has 150 valence electrons. The summed E-state index contributed by atoms with van der Waals surface area (Å²) in [7, 11) is 0. The summed E-state index contributed by atoms with van der Waals surface area (Å²) < 4.78 is 10.9. The Kier molecular flexibility index (Phi) is 6.29. The molecule has 2 aromatic carbocycles. The van der Waals surface area contributed by atoms with Crippen LogP contribution in [-0.4, -0.2) is 4.57 Å². The first kappa shape index (κ1) is 20.9. The van der Waals surface area contributed by atoms with Gasteiger partial charge in [-0.05, 0) is 37.1 Å². The number of rotatable bonds is 5. The quantitative estimate of drug-likeness (QED) is 0.464. The van der Waals surface area contributed by atoms with Gasteiger partial charge in [0.05, 0.1) is 6.20 Å². The van der Waals surface area contributed by atoms with Gasteiger partial charge in [-0.25, -0.2) is 4.57 Å². The molecule has 4 rings (SSSR count). The molecule has 0 saturated carbocycles. The van der Waals surface area contributed by atoms with Crippen molar-refractivity contribution in [3.8, 4) is 5.75 Å². The minimum Gasteiger partial charge on any atom is -1.00 e. The van der Waals surface area contributed by atoms with Gasteiger partial charge in [0.1, 0.15) is 24.5 Å². The van der Waals surface area contributed by atoms with Crippen LogP contribution in [0.2, 0.25) is 0 Å². The number of hydrogen-bond donors (Lipinski definition) is 0. The summed E-state index contributed by atoms with van der Waals surface area (Å²) in [4.78, 5) is 0. The van der Waals surface area contributed by atoms with Crippen LogP contribution in [0.15, 0.2) is 66.9 Å². The molecule has 2 heterocycles. The van der Waals surface area contributed by atoms with Gasteiger partial charge in [-0.2, -0.15) is 4.40 Å².